The van der Waals surface area contributed by atoms with E-state index in [9.17, 15) is 0 Å². The number of aryl methyl sites for hydroxylation is 4. The van der Waals surface area contributed by atoms with Crippen molar-refractivity contribution in [3.05, 3.63) is 76.1 Å². The van der Waals surface area contributed by atoms with E-state index in [0.29, 0.717) is 5.92 Å². The first-order valence-corrected chi connectivity index (χ1v) is 10.4. The van der Waals surface area contributed by atoms with E-state index in [-0.39, 0.29) is 0 Å². The lowest BCUT2D eigenvalue weighted by molar-refractivity contribution is 0.226. The van der Waals surface area contributed by atoms with Gasteiger partial charge in [-0.1, -0.05) is 41.5 Å². The molecule has 1 aliphatic rings. The fraction of sp³-hybridized carbons (Fsp3) is 0.480. The van der Waals surface area contributed by atoms with Crippen molar-refractivity contribution in [3.8, 4) is 0 Å². The fourth-order valence-electron chi connectivity index (χ4n) is 4.08. The third-order valence-corrected chi connectivity index (χ3v) is 5.95. The first kappa shape index (κ1) is 19.8. The number of piperidine rings is 1. The molecule has 2 heterocycles. The van der Waals surface area contributed by atoms with E-state index < -0.39 is 0 Å². The Morgan fingerprint density at radius 3 is 2.59 bits per heavy atom. The molecule has 1 aliphatic heterocycles. The molecular weight excluding hydrogens is 328 g/mol. The molecule has 0 radical (unpaired) electrons. The van der Waals surface area contributed by atoms with Crippen molar-refractivity contribution in [2.45, 2.75) is 59.3 Å². The van der Waals surface area contributed by atoms with Gasteiger partial charge in [-0.05, 0) is 89.7 Å². The number of hydrogen-bond donors (Lipinski definition) is 0. The topological polar surface area (TPSA) is 16.1 Å². The average Bonchev–Trinajstić information content (AvgIpc) is 2.68. The van der Waals surface area contributed by atoms with Crippen LogP contribution in [0.4, 0.5) is 0 Å². The zero-order valence-corrected chi connectivity index (χ0v) is 17.5. The summed E-state index contributed by atoms with van der Waals surface area (Å²) in [5.41, 5.74) is 8.19. The first-order chi connectivity index (χ1) is 13.0. The summed E-state index contributed by atoms with van der Waals surface area (Å²) in [7, 11) is 0. The molecule has 1 fully saturated rings. The van der Waals surface area contributed by atoms with Crippen LogP contribution in [0.3, 0.4) is 0 Å². The van der Waals surface area contributed by atoms with E-state index in [0.717, 1.165) is 19.4 Å². The van der Waals surface area contributed by atoms with Crippen LogP contribution in [-0.2, 0) is 12.8 Å². The van der Waals surface area contributed by atoms with Gasteiger partial charge in [-0.25, -0.2) is 0 Å². The van der Waals surface area contributed by atoms with Crippen LogP contribution in [0.5, 0.6) is 0 Å². The number of aromatic nitrogens is 1. The minimum Gasteiger partial charge on any atom is -0.299 e. The average molecular weight is 363 g/mol. The number of nitrogens with zero attached hydrogens (tertiary/aromatic N) is 2. The number of likely N-dealkylation sites (tertiary alicyclic amines) is 1. The van der Waals surface area contributed by atoms with Crippen molar-refractivity contribution in [1.82, 2.24) is 9.88 Å². The minimum absolute atomic E-state index is 0.619. The second kappa shape index (κ2) is 9.32. The zero-order chi connectivity index (χ0) is 19.2. The van der Waals surface area contributed by atoms with Crippen LogP contribution < -0.4 is 0 Å². The van der Waals surface area contributed by atoms with Gasteiger partial charge in [0, 0.05) is 23.9 Å². The molecule has 0 saturated carbocycles. The Labute approximate surface area is 165 Å². The maximum Gasteiger partial charge on any atom is 0.0438 e. The molecule has 0 atom stereocenters. The monoisotopic (exact) mass is 362 g/mol. The Bertz CT molecular complexity index is 783. The van der Waals surface area contributed by atoms with E-state index in [1.165, 1.54) is 59.6 Å². The zero-order valence-electron chi connectivity index (χ0n) is 17.5. The molecular formula is C25H34N2. The molecule has 1 saturated heterocycles. The minimum atomic E-state index is 0.619. The van der Waals surface area contributed by atoms with Crippen LogP contribution in [0, 0.1) is 13.8 Å². The largest absolute Gasteiger partial charge is 0.299 e. The molecule has 2 aromatic rings. The lowest BCUT2D eigenvalue weighted by Gasteiger charge is -2.32. The van der Waals surface area contributed by atoms with Gasteiger partial charge >= 0.3 is 0 Å². The summed E-state index contributed by atoms with van der Waals surface area (Å²) in [4.78, 5) is 7.61. The number of rotatable bonds is 6. The molecule has 1 aromatic heterocycles. The predicted molar refractivity (Wildman–Crippen MR) is 115 cm³/mol. The highest BCUT2D eigenvalue weighted by Gasteiger charge is 2.21. The van der Waals surface area contributed by atoms with Crippen LogP contribution in [0.2, 0.25) is 0 Å². The van der Waals surface area contributed by atoms with Gasteiger partial charge in [0.05, 0.1) is 0 Å². The van der Waals surface area contributed by atoms with Crippen LogP contribution in [0.25, 0.3) is 0 Å². The second-order valence-electron chi connectivity index (χ2n) is 8.17. The van der Waals surface area contributed by atoms with E-state index in [1.807, 2.05) is 0 Å². The molecule has 1 aromatic carbocycles. The summed E-state index contributed by atoms with van der Waals surface area (Å²) < 4.78 is 0. The highest BCUT2D eigenvalue weighted by atomic mass is 15.1. The van der Waals surface area contributed by atoms with Gasteiger partial charge in [-0.2, -0.15) is 0 Å². The maximum absolute atomic E-state index is 5.03. The van der Waals surface area contributed by atoms with Crippen molar-refractivity contribution in [2.75, 3.05) is 19.6 Å². The van der Waals surface area contributed by atoms with E-state index >= 15 is 0 Å². The number of benzene rings is 1. The van der Waals surface area contributed by atoms with E-state index in [4.69, 9.17) is 4.98 Å². The van der Waals surface area contributed by atoms with Crippen molar-refractivity contribution in [1.29, 1.82) is 0 Å². The smallest absolute Gasteiger partial charge is 0.0438 e. The highest BCUT2D eigenvalue weighted by Crippen LogP contribution is 2.27. The normalized spacial score (nSPS) is 16.7. The van der Waals surface area contributed by atoms with Crippen LogP contribution in [0.1, 0.15) is 60.7 Å². The number of allylic oxidation sites excluding steroid dienone is 1. The van der Waals surface area contributed by atoms with Crippen molar-refractivity contribution in [3.63, 3.8) is 0 Å². The summed E-state index contributed by atoms with van der Waals surface area (Å²) >= 11 is 0. The Hall–Kier alpha value is -1.93. The van der Waals surface area contributed by atoms with Crippen molar-refractivity contribution < 1.29 is 0 Å². The Balaban J connectivity index is 1.58. The Morgan fingerprint density at radius 2 is 1.89 bits per heavy atom. The highest BCUT2D eigenvalue weighted by molar-refractivity contribution is 5.31. The van der Waals surface area contributed by atoms with E-state index in [1.54, 1.807) is 0 Å². The molecule has 0 N–H and O–H groups in total. The van der Waals surface area contributed by atoms with Gasteiger partial charge in [0.25, 0.3) is 0 Å². The maximum atomic E-state index is 5.03. The summed E-state index contributed by atoms with van der Waals surface area (Å²) in [5, 5.41) is 0. The van der Waals surface area contributed by atoms with Gasteiger partial charge in [0.1, 0.15) is 0 Å². The molecule has 27 heavy (non-hydrogen) atoms. The van der Waals surface area contributed by atoms with Gasteiger partial charge in [-0.3, -0.25) is 9.88 Å². The summed E-state index contributed by atoms with van der Waals surface area (Å²) in [6.45, 7) is 12.2. The Morgan fingerprint density at radius 1 is 1.11 bits per heavy atom. The lowest BCUT2D eigenvalue weighted by atomic mass is 9.92. The van der Waals surface area contributed by atoms with Crippen LogP contribution in [0.15, 0.2) is 48.0 Å². The summed E-state index contributed by atoms with van der Waals surface area (Å²) in [5.74, 6) is 0.619. The second-order valence-corrected chi connectivity index (χ2v) is 8.17. The van der Waals surface area contributed by atoms with Gasteiger partial charge < -0.3 is 0 Å². The number of hydrogen-bond acceptors (Lipinski definition) is 2. The molecule has 0 aliphatic carbocycles. The quantitative estimate of drug-likeness (QED) is 0.619. The molecule has 2 heteroatoms. The van der Waals surface area contributed by atoms with Gasteiger partial charge in [0.2, 0.25) is 0 Å². The molecule has 0 bridgehead atoms. The molecule has 0 spiro atoms. The molecule has 3 rings (SSSR count). The summed E-state index contributed by atoms with van der Waals surface area (Å²) in [6, 6.07) is 13.4. The van der Waals surface area contributed by atoms with E-state index in [2.05, 4.69) is 75.1 Å². The first-order valence-electron chi connectivity index (χ1n) is 10.4. The fourth-order valence-corrected chi connectivity index (χ4v) is 4.08. The number of pyridine rings is 1. The van der Waals surface area contributed by atoms with Crippen molar-refractivity contribution >= 4 is 0 Å². The van der Waals surface area contributed by atoms with Gasteiger partial charge in [0.15, 0.2) is 0 Å². The standard InChI is InChI=1S/C25H34N2/c1-5-19(2)18-27-15-13-23(14-16-27)25-8-6-7-24(26-25)12-11-22-10-9-20(3)17-21(22)4/h5-10,17,23H,11-16,18H2,1-4H3/b19-5+. The molecule has 2 nitrogen and oxygen atoms in total. The van der Waals surface area contributed by atoms with Gasteiger partial charge in [-0.15, -0.1) is 0 Å². The molecule has 0 amide bonds. The summed E-state index contributed by atoms with van der Waals surface area (Å²) in [6.07, 6.45) is 6.78. The molecule has 144 valence electrons. The predicted octanol–water partition coefficient (Wildman–Crippen LogP) is 5.63. The van der Waals surface area contributed by atoms with Crippen molar-refractivity contribution in [2.24, 2.45) is 0 Å². The SMILES string of the molecule is C/C=C(\C)CN1CCC(c2cccc(CCc3ccc(C)cc3C)n2)CC1. The third kappa shape index (κ3) is 5.52. The van der Waals surface area contributed by atoms with Crippen LogP contribution in [-0.4, -0.2) is 29.5 Å². The van der Waals surface area contributed by atoms with Crippen LogP contribution >= 0.6 is 0 Å². The Kier molecular flexibility index (Phi) is 6.84. The third-order valence-electron chi connectivity index (χ3n) is 5.95. The lowest BCUT2D eigenvalue weighted by Crippen LogP contribution is -2.34. The molecule has 0 unspecified atom stereocenters.